The van der Waals surface area contributed by atoms with Gasteiger partial charge in [-0.25, -0.2) is 9.37 Å². The van der Waals surface area contributed by atoms with E-state index in [2.05, 4.69) is 10.3 Å². The molecule has 1 heterocycles. The van der Waals surface area contributed by atoms with Gasteiger partial charge in [-0.2, -0.15) is 0 Å². The third-order valence-electron chi connectivity index (χ3n) is 2.23. The SMILES string of the molecule is Cn1ccnc1CNc1cc(F)cc(Cl)c1. The summed E-state index contributed by atoms with van der Waals surface area (Å²) in [4.78, 5) is 4.15. The molecule has 0 amide bonds. The van der Waals surface area contributed by atoms with E-state index in [1.54, 1.807) is 12.3 Å². The van der Waals surface area contributed by atoms with Gasteiger partial charge in [0, 0.05) is 30.2 Å². The first-order valence-electron chi connectivity index (χ1n) is 4.81. The average Bonchev–Trinajstić information content (AvgIpc) is 2.59. The van der Waals surface area contributed by atoms with Crippen LogP contribution < -0.4 is 5.32 Å². The standard InChI is InChI=1S/C11H11ClFN3/c1-16-3-2-14-11(16)7-15-10-5-8(12)4-9(13)6-10/h2-6,15H,7H2,1H3. The lowest BCUT2D eigenvalue weighted by molar-refractivity contribution is 0.628. The largest absolute Gasteiger partial charge is 0.378 e. The van der Waals surface area contributed by atoms with Crippen LogP contribution in [0.15, 0.2) is 30.6 Å². The first kappa shape index (κ1) is 11.0. The molecule has 0 aliphatic carbocycles. The number of imidazole rings is 1. The van der Waals surface area contributed by atoms with E-state index in [-0.39, 0.29) is 5.82 Å². The normalized spacial score (nSPS) is 10.4. The van der Waals surface area contributed by atoms with E-state index in [4.69, 9.17) is 11.6 Å². The number of aryl methyl sites for hydroxylation is 1. The van der Waals surface area contributed by atoms with Crippen molar-refractivity contribution in [1.82, 2.24) is 9.55 Å². The summed E-state index contributed by atoms with van der Waals surface area (Å²) in [6.07, 6.45) is 3.57. The van der Waals surface area contributed by atoms with E-state index in [1.165, 1.54) is 12.1 Å². The molecule has 0 aliphatic rings. The summed E-state index contributed by atoms with van der Waals surface area (Å²) >= 11 is 5.74. The van der Waals surface area contributed by atoms with Gasteiger partial charge < -0.3 is 9.88 Å². The van der Waals surface area contributed by atoms with Gasteiger partial charge in [0.2, 0.25) is 0 Å². The zero-order chi connectivity index (χ0) is 11.5. The second kappa shape index (κ2) is 4.53. The fourth-order valence-electron chi connectivity index (χ4n) is 1.40. The molecule has 0 bridgehead atoms. The predicted octanol–water partition coefficient (Wildman–Crippen LogP) is 2.82. The number of halogens is 2. The lowest BCUT2D eigenvalue weighted by atomic mass is 10.3. The number of aromatic nitrogens is 2. The maximum absolute atomic E-state index is 13.0. The van der Waals surface area contributed by atoms with E-state index in [1.807, 2.05) is 17.8 Å². The molecule has 84 valence electrons. The molecule has 0 fully saturated rings. The number of nitrogens with one attached hydrogen (secondary N) is 1. The molecular formula is C11H11ClFN3. The van der Waals surface area contributed by atoms with Crippen LogP contribution in [0.5, 0.6) is 0 Å². The average molecular weight is 240 g/mol. The Morgan fingerprint density at radius 2 is 2.25 bits per heavy atom. The Bertz CT molecular complexity index is 475. The van der Waals surface area contributed by atoms with E-state index in [0.29, 0.717) is 17.3 Å². The summed E-state index contributed by atoms with van der Waals surface area (Å²) in [5.74, 6) is 0.523. The van der Waals surface area contributed by atoms with Crippen LogP contribution in [0, 0.1) is 5.82 Å². The molecule has 0 saturated carbocycles. The second-order valence-corrected chi connectivity index (χ2v) is 3.90. The third kappa shape index (κ3) is 2.52. The Balaban J connectivity index is 2.07. The third-order valence-corrected chi connectivity index (χ3v) is 2.45. The predicted molar refractivity (Wildman–Crippen MR) is 61.9 cm³/mol. The van der Waals surface area contributed by atoms with Crippen LogP contribution in [0.3, 0.4) is 0 Å². The molecule has 2 rings (SSSR count). The fourth-order valence-corrected chi connectivity index (χ4v) is 1.63. The molecule has 1 N–H and O–H groups in total. The van der Waals surface area contributed by atoms with Crippen LogP contribution >= 0.6 is 11.6 Å². The molecule has 0 radical (unpaired) electrons. The molecule has 0 atom stereocenters. The zero-order valence-corrected chi connectivity index (χ0v) is 9.50. The van der Waals surface area contributed by atoms with Crippen LogP contribution in [0.25, 0.3) is 0 Å². The quantitative estimate of drug-likeness (QED) is 0.893. The molecule has 2 aromatic rings. The fraction of sp³-hybridized carbons (Fsp3) is 0.182. The van der Waals surface area contributed by atoms with Crippen molar-refractivity contribution >= 4 is 17.3 Å². The van der Waals surface area contributed by atoms with Crippen LogP contribution in [0.4, 0.5) is 10.1 Å². The Morgan fingerprint density at radius 3 is 2.88 bits per heavy atom. The van der Waals surface area contributed by atoms with Gasteiger partial charge in [0.1, 0.15) is 11.6 Å². The van der Waals surface area contributed by atoms with Crippen molar-refractivity contribution in [2.45, 2.75) is 6.54 Å². The minimum Gasteiger partial charge on any atom is -0.378 e. The Hall–Kier alpha value is -1.55. The molecular weight excluding hydrogens is 229 g/mol. The van der Waals surface area contributed by atoms with E-state index >= 15 is 0 Å². The zero-order valence-electron chi connectivity index (χ0n) is 8.74. The molecule has 0 spiro atoms. The molecule has 0 unspecified atom stereocenters. The smallest absolute Gasteiger partial charge is 0.127 e. The van der Waals surface area contributed by atoms with Gasteiger partial charge >= 0.3 is 0 Å². The number of hydrogen-bond donors (Lipinski definition) is 1. The summed E-state index contributed by atoms with van der Waals surface area (Å²) in [5, 5.41) is 3.44. The topological polar surface area (TPSA) is 29.9 Å². The number of nitrogens with zero attached hydrogens (tertiary/aromatic N) is 2. The van der Waals surface area contributed by atoms with Gasteiger partial charge in [-0.1, -0.05) is 11.6 Å². The molecule has 16 heavy (non-hydrogen) atoms. The van der Waals surface area contributed by atoms with Crippen molar-refractivity contribution in [1.29, 1.82) is 0 Å². The van der Waals surface area contributed by atoms with Crippen LogP contribution in [0.2, 0.25) is 5.02 Å². The van der Waals surface area contributed by atoms with Gasteiger partial charge in [0.15, 0.2) is 0 Å². The summed E-state index contributed by atoms with van der Waals surface area (Å²) in [6, 6.07) is 4.34. The summed E-state index contributed by atoms with van der Waals surface area (Å²) in [5.41, 5.74) is 0.646. The van der Waals surface area contributed by atoms with Crippen LogP contribution in [-0.2, 0) is 13.6 Å². The molecule has 0 aliphatic heterocycles. The number of rotatable bonds is 3. The van der Waals surface area contributed by atoms with E-state index < -0.39 is 0 Å². The highest BCUT2D eigenvalue weighted by Crippen LogP contribution is 2.18. The van der Waals surface area contributed by atoms with Gasteiger partial charge in [0.25, 0.3) is 0 Å². The Morgan fingerprint density at radius 1 is 1.44 bits per heavy atom. The lowest BCUT2D eigenvalue weighted by Crippen LogP contribution is -2.05. The first-order valence-corrected chi connectivity index (χ1v) is 5.19. The first-order chi connectivity index (χ1) is 7.65. The van der Waals surface area contributed by atoms with Crippen molar-refractivity contribution in [2.24, 2.45) is 7.05 Å². The maximum Gasteiger partial charge on any atom is 0.127 e. The van der Waals surface area contributed by atoms with Crippen molar-refractivity contribution in [3.05, 3.63) is 47.3 Å². The number of anilines is 1. The molecule has 5 heteroatoms. The van der Waals surface area contributed by atoms with Gasteiger partial charge in [-0.15, -0.1) is 0 Å². The monoisotopic (exact) mass is 239 g/mol. The maximum atomic E-state index is 13.0. The van der Waals surface area contributed by atoms with Crippen molar-refractivity contribution in [3.63, 3.8) is 0 Å². The number of hydrogen-bond acceptors (Lipinski definition) is 2. The molecule has 0 saturated heterocycles. The van der Waals surface area contributed by atoms with Crippen molar-refractivity contribution in [2.75, 3.05) is 5.32 Å². The van der Waals surface area contributed by atoms with Crippen molar-refractivity contribution < 1.29 is 4.39 Å². The summed E-state index contributed by atoms with van der Waals surface area (Å²) < 4.78 is 14.9. The Kier molecular flexibility index (Phi) is 3.10. The van der Waals surface area contributed by atoms with Crippen LogP contribution in [-0.4, -0.2) is 9.55 Å². The highest BCUT2D eigenvalue weighted by atomic mass is 35.5. The molecule has 1 aromatic heterocycles. The minimum atomic E-state index is -0.352. The second-order valence-electron chi connectivity index (χ2n) is 3.47. The van der Waals surface area contributed by atoms with E-state index in [0.717, 1.165) is 5.82 Å². The number of benzene rings is 1. The molecule has 1 aromatic carbocycles. The minimum absolute atomic E-state index is 0.352. The highest BCUT2D eigenvalue weighted by molar-refractivity contribution is 6.30. The highest BCUT2D eigenvalue weighted by Gasteiger charge is 2.01. The lowest BCUT2D eigenvalue weighted by Gasteiger charge is -2.07. The van der Waals surface area contributed by atoms with Gasteiger partial charge in [-0.3, -0.25) is 0 Å². The van der Waals surface area contributed by atoms with Gasteiger partial charge in [0.05, 0.1) is 6.54 Å². The molecule has 3 nitrogen and oxygen atoms in total. The summed E-state index contributed by atoms with van der Waals surface area (Å²) in [7, 11) is 1.91. The van der Waals surface area contributed by atoms with Crippen molar-refractivity contribution in [3.8, 4) is 0 Å². The van der Waals surface area contributed by atoms with Crippen LogP contribution in [0.1, 0.15) is 5.82 Å². The van der Waals surface area contributed by atoms with E-state index in [9.17, 15) is 4.39 Å². The Labute approximate surface area is 97.9 Å². The van der Waals surface area contributed by atoms with Gasteiger partial charge in [-0.05, 0) is 18.2 Å². The summed E-state index contributed by atoms with van der Waals surface area (Å²) in [6.45, 7) is 0.531.